The number of thioether (sulfide) groups is 1. The van der Waals surface area contributed by atoms with Crippen molar-refractivity contribution < 1.29 is 9.59 Å². The maximum absolute atomic E-state index is 13.2. The molecule has 0 bridgehead atoms. The van der Waals surface area contributed by atoms with E-state index in [-0.39, 0.29) is 17.9 Å². The summed E-state index contributed by atoms with van der Waals surface area (Å²) in [5.74, 6) is 0.934. The predicted octanol–water partition coefficient (Wildman–Crippen LogP) is 5.30. The lowest BCUT2D eigenvalue weighted by molar-refractivity contribution is -0.139. The highest BCUT2D eigenvalue weighted by atomic mass is 35.5. The van der Waals surface area contributed by atoms with Gasteiger partial charge in [0, 0.05) is 23.4 Å². The summed E-state index contributed by atoms with van der Waals surface area (Å²) in [5.41, 5.74) is 2.14. The highest BCUT2D eigenvalue weighted by molar-refractivity contribution is 7.99. The van der Waals surface area contributed by atoms with Crippen LogP contribution in [-0.2, 0) is 21.9 Å². The number of amides is 2. The zero-order chi connectivity index (χ0) is 21.9. The minimum atomic E-state index is -0.483. The normalized spacial score (nSPS) is 12.8. The molecule has 0 aliphatic heterocycles. The lowest BCUT2D eigenvalue weighted by Gasteiger charge is -2.31. The minimum absolute atomic E-state index is 0.0241. The van der Waals surface area contributed by atoms with E-state index in [9.17, 15) is 9.59 Å². The van der Waals surface area contributed by atoms with Crippen LogP contribution in [0.5, 0.6) is 0 Å². The molecule has 0 radical (unpaired) electrons. The first-order chi connectivity index (χ1) is 14.4. The van der Waals surface area contributed by atoms with Gasteiger partial charge in [0.15, 0.2) is 0 Å². The second-order valence-electron chi connectivity index (χ2n) is 7.37. The summed E-state index contributed by atoms with van der Waals surface area (Å²) in [5, 5.41) is 3.74. The minimum Gasteiger partial charge on any atom is -0.352 e. The standard InChI is InChI=1S/C24H31ClN2O2S/c1-4-18(3)26-24(29)22(5-2)27(15-19-9-7-6-8-10-19)23(28)17-30-16-20-11-13-21(25)14-12-20/h6-14,18,22H,4-5,15-17H2,1-3H3,(H,26,29)/t18-,22+/m0/s1. The first-order valence-electron chi connectivity index (χ1n) is 10.4. The molecule has 2 aromatic carbocycles. The van der Waals surface area contributed by atoms with E-state index in [2.05, 4.69) is 5.32 Å². The fourth-order valence-electron chi connectivity index (χ4n) is 3.06. The average Bonchev–Trinajstić information content (AvgIpc) is 2.75. The number of hydrogen-bond donors (Lipinski definition) is 1. The molecule has 0 fully saturated rings. The number of nitrogens with one attached hydrogen (secondary N) is 1. The van der Waals surface area contributed by atoms with E-state index in [1.165, 1.54) is 0 Å². The quantitative estimate of drug-likeness (QED) is 0.509. The van der Waals surface area contributed by atoms with Gasteiger partial charge < -0.3 is 10.2 Å². The van der Waals surface area contributed by atoms with Crippen LogP contribution in [0.2, 0.25) is 5.02 Å². The Hall–Kier alpha value is -1.98. The molecule has 2 atom stereocenters. The van der Waals surface area contributed by atoms with Gasteiger partial charge in [0.05, 0.1) is 5.75 Å². The van der Waals surface area contributed by atoms with E-state index >= 15 is 0 Å². The molecule has 0 saturated carbocycles. The number of carbonyl (C=O) groups is 2. The first kappa shape index (κ1) is 24.3. The van der Waals surface area contributed by atoms with Gasteiger partial charge in [0.2, 0.25) is 11.8 Å². The van der Waals surface area contributed by atoms with Gasteiger partial charge in [-0.05, 0) is 43.0 Å². The Bertz CT molecular complexity index is 799. The largest absolute Gasteiger partial charge is 0.352 e. The number of carbonyl (C=O) groups excluding carboxylic acids is 2. The van der Waals surface area contributed by atoms with E-state index < -0.39 is 6.04 Å². The third-order valence-electron chi connectivity index (χ3n) is 4.99. The van der Waals surface area contributed by atoms with Crippen molar-refractivity contribution in [2.75, 3.05) is 5.75 Å². The van der Waals surface area contributed by atoms with Gasteiger partial charge in [-0.25, -0.2) is 0 Å². The van der Waals surface area contributed by atoms with Crippen LogP contribution in [0.4, 0.5) is 0 Å². The van der Waals surface area contributed by atoms with Gasteiger partial charge >= 0.3 is 0 Å². The maximum Gasteiger partial charge on any atom is 0.243 e. The molecule has 30 heavy (non-hydrogen) atoms. The van der Waals surface area contributed by atoms with Gasteiger partial charge in [-0.3, -0.25) is 9.59 Å². The van der Waals surface area contributed by atoms with Gasteiger partial charge in [-0.1, -0.05) is 67.9 Å². The molecule has 2 rings (SSSR count). The zero-order valence-electron chi connectivity index (χ0n) is 17.9. The monoisotopic (exact) mass is 446 g/mol. The van der Waals surface area contributed by atoms with Crippen LogP contribution in [-0.4, -0.2) is 34.6 Å². The molecule has 2 aromatic rings. The van der Waals surface area contributed by atoms with Gasteiger partial charge in [0.25, 0.3) is 0 Å². The molecule has 0 aromatic heterocycles. The van der Waals surface area contributed by atoms with Crippen LogP contribution in [0.25, 0.3) is 0 Å². The summed E-state index contributed by atoms with van der Waals surface area (Å²) < 4.78 is 0. The SMILES string of the molecule is CC[C@H](C(=O)N[C@@H](C)CC)N(Cc1ccccc1)C(=O)CSCc1ccc(Cl)cc1. The zero-order valence-corrected chi connectivity index (χ0v) is 19.5. The number of rotatable bonds is 11. The third-order valence-corrected chi connectivity index (χ3v) is 6.23. The van der Waals surface area contributed by atoms with Crippen molar-refractivity contribution in [1.29, 1.82) is 0 Å². The van der Waals surface area contributed by atoms with E-state index in [1.807, 2.05) is 75.4 Å². The second-order valence-corrected chi connectivity index (χ2v) is 8.79. The van der Waals surface area contributed by atoms with Crippen LogP contribution in [0.1, 0.15) is 44.7 Å². The number of halogens is 1. The molecule has 162 valence electrons. The Morgan fingerprint density at radius 2 is 1.67 bits per heavy atom. The molecule has 4 nitrogen and oxygen atoms in total. The molecule has 1 N–H and O–H groups in total. The van der Waals surface area contributed by atoms with Crippen LogP contribution < -0.4 is 5.32 Å². The van der Waals surface area contributed by atoms with E-state index in [0.717, 1.165) is 23.3 Å². The first-order valence-corrected chi connectivity index (χ1v) is 11.9. The van der Waals surface area contributed by atoms with Crippen LogP contribution in [0.3, 0.4) is 0 Å². The maximum atomic E-state index is 13.2. The molecule has 0 saturated heterocycles. The van der Waals surface area contributed by atoms with Gasteiger partial charge in [-0.15, -0.1) is 11.8 Å². The Labute approximate surface area is 189 Å². The van der Waals surface area contributed by atoms with Crippen molar-refractivity contribution >= 4 is 35.2 Å². The highest BCUT2D eigenvalue weighted by Gasteiger charge is 2.29. The smallest absolute Gasteiger partial charge is 0.243 e. The van der Waals surface area contributed by atoms with Crippen LogP contribution in [0, 0.1) is 0 Å². The lowest BCUT2D eigenvalue weighted by atomic mass is 10.1. The third kappa shape index (κ3) is 7.69. The lowest BCUT2D eigenvalue weighted by Crippen LogP contribution is -2.51. The van der Waals surface area contributed by atoms with E-state index in [4.69, 9.17) is 11.6 Å². The predicted molar refractivity (Wildman–Crippen MR) is 127 cm³/mol. The topological polar surface area (TPSA) is 49.4 Å². The summed E-state index contributed by atoms with van der Waals surface area (Å²) in [7, 11) is 0. The Kier molecular flexibility index (Phi) is 10.2. The van der Waals surface area contributed by atoms with Crippen LogP contribution >= 0.6 is 23.4 Å². The Morgan fingerprint density at radius 3 is 2.27 bits per heavy atom. The van der Waals surface area contributed by atoms with Crippen molar-refractivity contribution in [3.63, 3.8) is 0 Å². The van der Waals surface area contributed by atoms with Crippen molar-refractivity contribution in [1.82, 2.24) is 10.2 Å². The Balaban J connectivity index is 2.09. The number of hydrogen-bond acceptors (Lipinski definition) is 3. The van der Waals surface area contributed by atoms with Crippen molar-refractivity contribution in [2.45, 2.75) is 58.0 Å². The molecule has 0 unspecified atom stereocenters. The highest BCUT2D eigenvalue weighted by Crippen LogP contribution is 2.18. The average molecular weight is 447 g/mol. The van der Waals surface area contributed by atoms with Crippen molar-refractivity contribution in [2.24, 2.45) is 0 Å². The summed E-state index contributed by atoms with van der Waals surface area (Å²) in [6.45, 7) is 6.39. The second kappa shape index (κ2) is 12.7. The molecule has 0 heterocycles. The van der Waals surface area contributed by atoms with E-state index in [0.29, 0.717) is 23.7 Å². The molecule has 0 aliphatic carbocycles. The number of nitrogens with zero attached hydrogens (tertiary/aromatic N) is 1. The van der Waals surface area contributed by atoms with Crippen molar-refractivity contribution in [3.05, 3.63) is 70.7 Å². The summed E-state index contributed by atoms with van der Waals surface area (Å²) in [6, 6.07) is 17.1. The van der Waals surface area contributed by atoms with Crippen molar-refractivity contribution in [3.8, 4) is 0 Å². The Morgan fingerprint density at radius 1 is 1.00 bits per heavy atom. The summed E-state index contributed by atoms with van der Waals surface area (Å²) in [6.07, 6.45) is 1.43. The van der Waals surface area contributed by atoms with Crippen LogP contribution in [0.15, 0.2) is 54.6 Å². The van der Waals surface area contributed by atoms with Gasteiger partial charge in [-0.2, -0.15) is 0 Å². The molecule has 2 amide bonds. The number of benzene rings is 2. The molecular weight excluding hydrogens is 416 g/mol. The molecule has 6 heteroatoms. The summed E-state index contributed by atoms with van der Waals surface area (Å²) in [4.78, 5) is 27.8. The van der Waals surface area contributed by atoms with E-state index in [1.54, 1.807) is 16.7 Å². The molecular formula is C24H31ClN2O2S. The molecule has 0 spiro atoms. The fraction of sp³-hybridized carbons (Fsp3) is 0.417. The summed E-state index contributed by atoms with van der Waals surface area (Å²) >= 11 is 7.49. The fourth-order valence-corrected chi connectivity index (χ4v) is 4.06. The van der Waals surface area contributed by atoms with Gasteiger partial charge in [0.1, 0.15) is 6.04 Å². The molecule has 0 aliphatic rings.